The highest BCUT2D eigenvalue weighted by Crippen LogP contribution is 2.37. The van der Waals surface area contributed by atoms with Crippen LogP contribution in [0.15, 0.2) is 24.5 Å². The van der Waals surface area contributed by atoms with Crippen LogP contribution >= 0.6 is 11.3 Å². The Balaban J connectivity index is 1.53. The zero-order chi connectivity index (χ0) is 20.8. The predicted octanol–water partition coefficient (Wildman–Crippen LogP) is 3.40. The minimum atomic E-state index is -2.89. The topological polar surface area (TPSA) is 85.3 Å². The van der Waals surface area contributed by atoms with Crippen molar-refractivity contribution in [2.75, 3.05) is 6.54 Å². The summed E-state index contributed by atoms with van der Waals surface area (Å²) in [5, 5.41) is 6.85. The third kappa shape index (κ3) is 3.74. The van der Waals surface area contributed by atoms with Crippen LogP contribution in [0.25, 0.3) is 16.8 Å². The molecule has 3 N–H and O–H groups in total. The van der Waals surface area contributed by atoms with Gasteiger partial charge in [0.05, 0.1) is 29.5 Å². The molecule has 10 heteroatoms. The van der Waals surface area contributed by atoms with Gasteiger partial charge >= 0.3 is 0 Å². The van der Waals surface area contributed by atoms with Gasteiger partial charge in [0.1, 0.15) is 5.82 Å². The number of alkyl halides is 2. The zero-order valence-corrected chi connectivity index (χ0v) is 16.5. The first-order chi connectivity index (χ1) is 13.8. The van der Waals surface area contributed by atoms with Gasteiger partial charge in [-0.2, -0.15) is 5.10 Å². The fraction of sp³-hybridized carbons (Fsp3) is 0.421. The van der Waals surface area contributed by atoms with Crippen LogP contribution in [-0.4, -0.2) is 39.0 Å². The van der Waals surface area contributed by atoms with Gasteiger partial charge in [0.2, 0.25) is 0 Å². The molecule has 1 aliphatic carbocycles. The summed E-state index contributed by atoms with van der Waals surface area (Å²) in [5.41, 5.74) is 7.73. The Morgan fingerprint density at radius 3 is 3.00 bits per heavy atom. The third-order valence-corrected chi connectivity index (χ3v) is 6.28. The molecule has 0 spiro atoms. The maximum Gasteiger partial charge on any atom is 0.280 e. The third-order valence-electron chi connectivity index (χ3n) is 5.32. The number of nitrogens with two attached hydrogens (primary N) is 1. The Labute approximate surface area is 168 Å². The first-order valence-corrected chi connectivity index (χ1v) is 10.1. The number of aromatic nitrogens is 3. The quantitative estimate of drug-likeness (QED) is 0.674. The number of thiazole rings is 1. The van der Waals surface area contributed by atoms with E-state index in [0.29, 0.717) is 29.6 Å². The maximum atomic E-state index is 14.1. The van der Waals surface area contributed by atoms with Gasteiger partial charge < -0.3 is 11.1 Å². The van der Waals surface area contributed by atoms with Gasteiger partial charge in [-0.3, -0.25) is 4.79 Å². The molecule has 2 atom stereocenters. The van der Waals surface area contributed by atoms with E-state index in [1.54, 1.807) is 12.3 Å². The molecule has 154 valence electrons. The highest BCUT2D eigenvalue weighted by atomic mass is 32.1. The number of fused-ring (bicyclic) bond motifs is 1. The summed E-state index contributed by atoms with van der Waals surface area (Å²) in [5.74, 6) is -4.91. The van der Waals surface area contributed by atoms with Crippen molar-refractivity contribution in [1.29, 1.82) is 0 Å². The Morgan fingerprint density at radius 2 is 2.24 bits per heavy atom. The number of carbonyl (C=O) groups excluding carboxylic acids is 1. The number of amides is 1. The summed E-state index contributed by atoms with van der Waals surface area (Å²) < 4.78 is 43.0. The van der Waals surface area contributed by atoms with Crippen molar-refractivity contribution in [3.05, 3.63) is 40.2 Å². The van der Waals surface area contributed by atoms with Crippen LogP contribution in [0.5, 0.6) is 0 Å². The smallest absolute Gasteiger partial charge is 0.280 e. The minimum absolute atomic E-state index is 0.173. The molecule has 0 aliphatic heterocycles. The van der Waals surface area contributed by atoms with Crippen LogP contribution in [0.2, 0.25) is 0 Å². The van der Waals surface area contributed by atoms with Gasteiger partial charge in [-0.05, 0) is 31.9 Å². The Bertz CT molecular complexity index is 1060. The second-order valence-electron chi connectivity index (χ2n) is 7.29. The van der Waals surface area contributed by atoms with Gasteiger partial charge in [-0.15, -0.1) is 11.3 Å². The molecule has 3 heterocycles. The molecular weight excluding hydrogens is 403 g/mol. The maximum absolute atomic E-state index is 14.1. The van der Waals surface area contributed by atoms with Crippen LogP contribution in [-0.2, 0) is 0 Å². The number of rotatable bonds is 4. The SMILES string of the molecule is Cc1sc(C(=O)NC[C@@H]2[C@H](N)CCCC2(F)F)nc1-c1cnn2cc(F)ccc12. The van der Waals surface area contributed by atoms with Crippen molar-refractivity contribution in [3.63, 3.8) is 0 Å². The summed E-state index contributed by atoms with van der Waals surface area (Å²) in [6.45, 7) is 1.61. The van der Waals surface area contributed by atoms with Gasteiger partial charge in [0.15, 0.2) is 5.01 Å². The fourth-order valence-electron chi connectivity index (χ4n) is 3.74. The van der Waals surface area contributed by atoms with Crippen molar-refractivity contribution < 1.29 is 18.0 Å². The summed E-state index contributed by atoms with van der Waals surface area (Å²) in [7, 11) is 0. The van der Waals surface area contributed by atoms with Crippen molar-refractivity contribution >= 4 is 22.8 Å². The molecule has 3 aromatic rings. The van der Waals surface area contributed by atoms with E-state index in [9.17, 15) is 18.0 Å². The largest absolute Gasteiger partial charge is 0.349 e. The molecule has 0 aromatic carbocycles. The van der Waals surface area contributed by atoms with Gasteiger partial charge in [-0.1, -0.05) is 0 Å². The molecular formula is C19H20F3N5OS. The van der Waals surface area contributed by atoms with Crippen molar-refractivity contribution in [2.45, 2.75) is 38.2 Å². The fourth-order valence-corrected chi connectivity index (χ4v) is 4.58. The molecule has 1 fully saturated rings. The number of pyridine rings is 1. The monoisotopic (exact) mass is 423 g/mol. The van der Waals surface area contributed by atoms with Gasteiger partial charge in [-0.25, -0.2) is 22.7 Å². The average Bonchev–Trinajstić information content (AvgIpc) is 3.23. The highest BCUT2D eigenvalue weighted by molar-refractivity contribution is 7.14. The molecule has 6 nitrogen and oxygen atoms in total. The number of aryl methyl sites for hydroxylation is 1. The second-order valence-corrected chi connectivity index (χ2v) is 8.50. The molecule has 0 unspecified atom stereocenters. The molecule has 4 rings (SSSR count). The lowest BCUT2D eigenvalue weighted by molar-refractivity contribution is -0.0908. The summed E-state index contributed by atoms with van der Waals surface area (Å²) in [6.07, 6.45) is 3.50. The van der Waals surface area contributed by atoms with E-state index in [1.165, 1.54) is 28.1 Å². The molecule has 1 amide bonds. The molecule has 0 bridgehead atoms. The van der Waals surface area contributed by atoms with E-state index in [2.05, 4.69) is 15.4 Å². The number of nitrogens with one attached hydrogen (secondary N) is 1. The van der Waals surface area contributed by atoms with Crippen LogP contribution in [0.1, 0.15) is 33.9 Å². The lowest BCUT2D eigenvalue weighted by Crippen LogP contribution is -2.51. The zero-order valence-electron chi connectivity index (χ0n) is 15.7. The van der Waals surface area contributed by atoms with Crippen LogP contribution in [0, 0.1) is 18.7 Å². The van der Waals surface area contributed by atoms with E-state index in [1.807, 2.05) is 6.92 Å². The van der Waals surface area contributed by atoms with Crippen LogP contribution in [0.4, 0.5) is 13.2 Å². The van der Waals surface area contributed by atoms with Gasteiger partial charge in [0, 0.05) is 29.4 Å². The van der Waals surface area contributed by atoms with E-state index >= 15 is 0 Å². The lowest BCUT2D eigenvalue weighted by Gasteiger charge is -2.36. The van der Waals surface area contributed by atoms with Crippen molar-refractivity contribution in [2.24, 2.45) is 11.7 Å². The number of hydrogen-bond donors (Lipinski definition) is 2. The molecule has 0 radical (unpaired) electrons. The summed E-state index contributed by atoms with van der Waals surface area (Å²) in [4.78, 5) is 17.7. The molecule has 29 heavy (non-hydrogen) atoms. The van der Waals surface area contributed by atoms with E-state index in [-0.39, 0.29) is 18.0 Å². The standard InChI is InChI=1S/C19H20F3N5OS/c1-10-16(12-7-25-27-9-11(20)4-5-15(12)27)26-18(29-10)17(28)24-8-13-14(23)3-2-6-19(13,21)22/h4-5,7,9,13-14H,2-3,6,8,23H2,1H3,(H,24,28)/t13-,14-/m1/s1. The van der Waals surface area contributed by atoms with Crippen molar-refractivity contribution in [1.82, 2.24) is 19.9 Å². The number of nitrogens with zero attached hydrogens (tertiary/aromatic N) is 3. The van der Waals surface area contributed by atoms with Gasteiger partial charge in [0.25, 0.3) is 11.8 Å². The molecule has 0 saturated heterocycles. The number of hydrogen-bond acceptors (Lipinski definition) is 5. The average molecular weight is 423 g/mol. The Kier molecular flexibility index (Phi) is 5.07. The van der Waals surface area contributed by atoms with E-state index in [4.69, 9.17) is 5.73 Å². The van der Waals surface area contributed by atoms with Crippen molar-refractivity contribution in [3.8, 4) is 11.3 Å². The Morgan fingerprint density at radius 1 is 1.45 bits per heavy atom. The molecule has 3 aromatic heterocycles. The predicted molar refractivity (Wildman–Crippen MR) is 104 cm³/mol. The van der Waals surface area contributed by atoms with E-state index in [0.717, 1.165) is 4.88 Å². The summed E-state index contributed by atoms with van der Waals surface area (Å²) in [6, 6.07) is 2.26. The van der Waals surface area contributed by atoms with E-state index < -0.39 is 29.6 Å². The molecule has 1 aliphatic rings. The van der Waals surface area contributed by atoms with Crippen LogP contribution < -0.4 is 11.1 Å². The molecule has 1 saturated carbocycles. The summed E-state index contributed by atoms with van der Waals surface area (Å²) >= 11 is 1.17. The number of halogens is 3. The Hall–Kier alpha value is -2.46. The minimum Gasteiger partial charge on any atom is -0.349 e. The van der Waals surface area contributed by atoms with Crippen LogP contribution in [0.3, 0.4) is 0 Å². The number of carbonyl (C=O) groups is 1. The highest BCUT2D eigenvalue weighted by Gasteiger charge is 2.45. The normalized spacial score (nSPS) is 21.4. The first kappa shape index (κ1) is 19.8. The first-order valence-electron chi connectivity index (χ1n) is 9.28. The second kappa shape index (κ2) is 7.42. The lowest BCUT2D eigenvalue weighted by atomic mass is 9.81.